The number of para-hydroxylation sites is 1. The molecule has 7 heteroatoms. The molecule has 3 rings (SSSR count). The van der Waals surface area contributed by atoms with Crippen molar-refractivity contribution in [2.45, 2.75) is 13.0 Å². The number of amides is 2. The van der Waals surface area contributed by atoms with Crippen molar-refractivity contribution >= 4 is 34.1 Å². The van der Waals surface area contributed by atoms with E-state index in [1.165, 1.54) is 0 Å². The highest BCUT2D eigenvalue weighted by atomic mass is 32.1. The third-order valence-electron chi connectivity index (χ3n) is 3.94. The van der Waals surface area contributed by atoms with Crippen LogP contribution in [0.5, 0.6) is 0 Å². The number of carbonyl (C=O) groups is 2. The number of nitrogens with zero attached hydrogens (tertiary/aromatic N) is 2. The molecule has 3 aromatic rings. The lowest BCUT2D eigenvalue weighted by atomic mass is 10.2. The van der Waals surface area contributed by atoms with Crippen LogP contribution in [0.3, 0.4) is 0 Å². The van der Waals surface area contributed by atoms with Crippen molar-refractivity contribution in [3.8, 4) is 0 Å². The number of nitrogens with one attached hydrogen (secondary N) is 2. The molecule has 0 bridgehead atoms. The van der Waals surface area contributed by atoms with Gasteiger partial charge in [0.05, 0.1) is 12.1 Å². The summed E-state index contributed by atoms with van der Waals surface area (Å²) in [6, 6.07) is 11.4. The molecule has 0 unspecified atom stereocenters. The summed E-state index contributed by atoms with van der Waals surface area (Å²) < 4.78 is 0. The number of rotatable bonds is 8. The molecule has 134 valence electrons. The summed E-state index contributed by atoms with van der Waals surface area (Å²) in [6.07, 6.45) is 1.94. The average molecular weight is 368 g/mol. The summed E-state index contributed by atoms with van der Waals surface area (Å²) in [7, 11) is 0. The molecule has 0 radical (unpaired) electrons. The third kappa shape index (κ3) is 4.18. The predicted octanol–water partition coefficient (Wildman–Crippen LogP) is 2.96. The standard InChI is InChI=1S/C19H20N4O2S/c1-2-11-23(13-14-6-5-12-26-14)17(24)9-10-20-19(25)18-15-7-3-4-8-16(15)21-22-18/h2-8,12H,1,9-11,13H2,(H,20,25)(H,21,22). The summed E-state index contributed by atoms with van der Waals surface area (Å²) in [5, 5.41) is 12.4. The van der Waals surface area contributed by atoms with E-state index in [-0.39, 0.29) is 24.8 Å². The van der Waals surface area contributed by atoms with Crippen molar-refractivity contribution in [1.29, 1.82) is 0 Å². The number of benzene rings is 1. The molecule has 0 saturated carbocycles. The van der Waals surface area contributed by atoms with Crippen LogP contribution in [0.25, 0.3) is 10.9 Å². The van der Waals surface area contributed by atoms with E-state index < -0.39 is 0 Å². The van der Waals surface area contributed by atoms with Crippen LogP contribution < -0.4 is 5.32 Å². The van der Waals surface area contributed by atoms with Crippen molar-refractivity contribution in [3.63, 3.8) is 0 Å². The maximum absolute atomic E-state index is 12.4. The molecule has 26 heavy (non-hydrogen) atoms. The Balaban J connectivity index is 1.55. The maximum atomic E-state index is 12.4. The number of H-pyrrole nitrogens is 1. The number of hydrogen-bond donors (Lipinski definition) is 2. The fourth-order valence-corrected chi connectivity index (χ4v) is 3.38. The molecule has 2 amide bonds. The molecule has 0 spiro atoms. The highest BCUT2D eigenvalue weighted by Crippen LogP contribution is 2.15. The van der Waals surface area contributed by atoms with Gasteiger partial charge in [-0.15, -0.1) is 17.9 Å². The topological polar surface area (TPSA) is 78.1 Å². The molecule has 2 aromatic heterocycles. The number of aromatic amines is 1. The first kappa shape index (κ1) is 17.9. The van der Waals surface area contributed by atoms with Crippen LogP contribution in [0, 0.1) is 0 Å². The minimum Gasteiger partial charge on any atom is -0.350 e. The average Bonchev–Trinajstić information content (AvgIpc) is 3.30. The zero-order valence-electron chi connectivity index (χ0n) is 14.3. The van der Waals surface area contributed by atoms with E-state index in [9.17, 15) is 9.59 Å². The van der Waals surface area contributed by atoms with E-state index in [4.69, 9.17) is 0 Å². The van der Waals surface area contributed by atoms with Gasteiger partial charge in [-0.1, -0.05) is 30.3 Å². The van der Waals surface area contributed by atoms with Crippen LogP contribution in [0.15, 0.2) is 54.4 Å². The second kappa shape index (κ2) is 8.44. The van der Waals surface area contributed by atoms with E-state index in [0.29, 0.717) is 18.8 Å². The van der Waals surface area contributed by atoms with Crippen molar-refractivity contribution in [3.05, 3.63) is 65.0 Å². The Hall–Kier alpha value is -2.93. The summed E-state index contributed by atoms with van der Waals surface area (Å²) >= 11 is 1.61. The van der Waals surface area contributed by atoms with Crippen LogP contribution in [0.2, 0.25) is 0 Å². The smallest absolute Gasteiger partial charge is 0.272 e. The Labute approximate surface area is 155 Å². The normalized spacial score (nSPS) is 10.6. The number of hydrogen-bond acceptors (Lipinski definition) is 4. The highest BCUT2D eigenvalue weighted by Gasteiger charge is 2.16. The fraction of sp³-hybridized carbons (Fsp3) is 0.211. The van der Waals surface area contributed by atoms with E-state index >= 15 is 0 Å². The zero-order valence-corrected chi connectivity index (χ0v) is 15.1. The molecule has 2 heterocycles. The van der Waals surface area contributed by atoms with Gasteiger partial charge in [-0.05, 0) is 17.5 Å². The van der Waals surface area contributed by atoms with Gasteiger partial charge >= 0.3 is 0 Å². The maximum Gasteiger partial charge on any atom is 0.272 e. The summed E-state index contributed by atoms with van der Waals surface area (Å²) in [5.41, 5.74) is 1.15. The lowest BCUT2D eigenvalue weighted by Gasteiger charge is -2.20. The Bertz CT molecular complexity index is 901. The van der Waals surface area contributed by atoms with E-state index in [0.717, 1.165) is 15.8 Å². The fourth-order valence-electron chi connectivity index (χ4n) is 2.66. The van der Waals surface area contributed by atoms with E-state index in [1.807, 2.05) is 41.8 Å². The Morgan fingerprint density at radius 2 is 2.12 bits per heavy atom. The van der Waals surface area contributed by atoms with Crippen LogP contribution in [0.1, 0.15) is 21.8 Å². The molecule has 0 saturated heterocycles. The number of aromatic nitrogens is 2. The van der Waals surface area contributed by atoms with Gasteiger partial charge in [-0.3, -0.25) is 14.7 Å². The third-order valence-corrected chi connectivity index (χ3v) is 4.80. The van der Waals surface area contributed by atoms with Crippen molar-refractivity contribution in [1.82, 2.24) is 20.4 Å². The minimum absolute atomic E-state index is 0.0227. The lowest BCUT2D eigenvalue weighted by Crippen LogP contribution is -2.34. The predicted molar refractivity (Wildman–Crippen MR) is 103 cm³/mol. The Kier molecular flexibility index (Phi) is 5.80. The highest BCUT2D eigenvalue weighted by molar-refractivity contribution is 7.09. The minimum atomic E-state index is -0.288. The Morgan fingerprint density at radius 3 is 2.88 bits per heavy atom. The molecular weight excluding hydrogens is 348 g/mol. The SMILES string of the molecule is C=CCN(Cc1cccs1)C(=O)CCNC(=O)c1n[nH]c2ccccc12. The quantitative estimate of drug-likeness (QED) is 0.600. The van der Waals surface area contributed by atoms with Crippen LogP contribution >= 0.6 is 11.3 Å². The van der Waals surface area contributed by atoms with Crippen LogP contribution in [-0.4, -0.2) is 40.0 Å². The van der Waals surface area contributed by atoms with Gasteiger partial charge in [0.1, 0.15) is 0 Å². The van der Waals surface area contributed by atoms with Crippen molar-refractivity contribution < 1.29 is 9.59 Å². The molecule has 6 nitrogen and oxygen atoms in total. The van der Waals surface area contributed by atoms with Crippen molar-refractivity contribution in [2.24, 2.45) is 0 Å². The monoisotopic (exact) mass is 368 g/mol. The van der Waals surface area contributed by atoms with Crippen LogP contribution in [-0.2, 0) is 11.3 Å². The number of thiophene rings is 1. The van der Waals surface area contributed by atoms with Gasteiger partial charge in [0.2, 0.25) is 5.91 Å². The van der Waals surface area contributed by atoms with E-state index in [1.54, 1.807) is 22.3 Å². The van der Waals surface area contributed by atoms with Gasteiger partial charge < -0.3 is 10.2 Å². The summed E-state index contributed by atoms with van der Waals surface area (Å²) in [4.78, 5) is 27.6. The molecular formula is C19H20N4O2S. The molecule has 0 aliphatic rings. The zero-order chi connectivity index (χ0) is 18.4. The van der Waals surface area contributed by atoms with Gasteiger partial charge in [0.15, 0.2) is 5.69 Å². The first-order chi connectivity index (χ1) is 12.7. The number of carbonyl (C=O) groups excluding carboxylic acids is 2. The van der Waals surface area contributed by atoms with Crippen LogP contribution in [0.4, 0.5) is 0 Å². The van der Waals surface area contributed by atoms with E-state index in [2.05, 4.69) is 22.1 Å². The van der Waals surface area contributed by atoms with Gasteiger partial charge in [-0.25, -0.2) is 0 Å². The van der Waals surface area contributed by atoms with Crippen molar-refractivity contribution in [2.75, 3.05) is 13.1 Å². The molecule has 0 fully saturated rings. The van der Waals surface area contributed by atoms with Gasteiger partial charge in [0.25, 0.3) is 5.91 Å². The number of fused-ring (bicyclic) bond motifs is 1. The second-order valence-electron chi connectivity index (χ2n) is 5.77. The molecule has 0 aliphatic heterocycles. The molecule has 0 atom stereocenters. The summed E-state index contributed by atoms with van der Waals surface area (Å²) in [6.45, 7) is 5.01. The van der Waals surface area contributed by atoms with Gasteiger partial charge in [-0.2, -0.15) is 5.10 Å². The Morgan fingerprint density at radius 1 is 1.27 bits per heavy atom. The molecule has 2 N–H and O–H groups in total. The largest absolute Gasteiger partial charge is 0.350 e. The molecule has 0 aliphatic carbocycles. The summed E-state index contributed by atoms with van der Waals surface area (Å²) in [5.74, 6) is -0.311. The first-order valence-electron chi connectivity index (χ1n) is 8.31. The second-order valence-corrected chi connectivity index (χ2v) is 6.80. The molecule has 1 aromatic carbocycles. The first-order valence-corrected chi connectivity index (χ1v) is 9.19. The lowest BCUT2D eigenvalue weighted by molar-refractivity contribution is -0.131. The van der Waals surface area contributed by atoms with Gasteiger partial charge in [0, 0.05) is 29.8 Å².